The topological polar surface area (TPSA) is 71.9 Å². The Labute approximate surface area is 124 Å². The van der Waals surface area contributed by atoms with Gasteiger partial charge in [-0.05, 0) is 35.5 Å². The molecule has 0 unspecified atom stereocenters. The van der Waals surface area contributed by atoms with Gasteiger partial charge in [-0.1, -0.05) is 0 Å². The molecule has 0 aliphatic carbocycles. The van der Waals surface area contributed by atoms with Crippen LogP contribution >= 0.6 is 0 Å². The normalized spacial score (nSPS) is 10.4. The number of anilines is 2. The molecular formula is C14H11F2N3O3. The third-order valence-corrected chi connectivity index (χ3v) is 2.70. The van der Waals surface area contributed by atoms with Crippen molar-refractivity contribution in [2.75, 3.05) is 4.90 Å². The number of amides is 1. The maximum atomic E-state index is 12.1. The van der Waals surface area contributed by atoms with Crippen LogP contribution in [0.1, 0.15) is 6.92 Å². The molecule has 22 heavy (non-hydrogen) atoms. The molecule has 0 N–H and O–H groups in total. The van der Waals surface area contributed by atoms with Crippen LogP contribution in [0.25, 0.3) is 0 Å². The Morgan fingerprint density at radius 2 is 1.95 bits per heavy atom. The highest BCUT2D eigenvalue weighted by Crippen LogP contribution is 2.28. The van der Waals surface area contributed by atoms with Crippen LogP contribution in [0.3, 0.4) is 0 Å². The van der Waals surface area contributed by atoms with Crippen molar-refractivity contribution >= 4 is 23.1 Å². The minimum Gasteiger partial charge on any atom is -0.435 e. The summed E-state index contributed by atoms with van der Waals surface area (Å²) < 4.78 is 28.5. The van der Waals surface area contributed by atoms with Crippen LogP contribution < -0.4 is 9.64 Å². The Morgan fingerprint density at radius 1 is 1.27 bits per heavy atom. The molecule has 2 rings (SSSR count). The minimum absolute atomic E-state index is 0.0291. The monoisotopic (exact) mass is 307 g/mol. The van der Waals surface area contributed by atoms with Crippen LogP contribution in [-0.2, 0) is 4.79 Å². The second-order valence-electron chi connectivity index (χ2n) is 4.19. The second-order valence-corrected chi connectivity index (χ2v) is 4.19. The summed E-state index contributed by atoms with van der Waals surface area (Å²) in [5.74, 6) is -0.191. The van der Waals surface area contributed by atoms with Gasteiger partial charge in [-0.2, -0.15) is 8.78 Å². The van der Waals surface area contributed by atoms with Gasteiger partial charge < -0.3 is 4.74 Å². The number of carbonyl (C=O) groups is 1. The van der Waals surface area contributed by atoms with E-state index in [1.165, 1.54) is 54.4 Å². The third kappa shape index (κ3) is 3.60. The van der Waals surface area contributed by atoms with Gasteiger partial charge in [0.15, 0.2) is 0 Å². The van der Waals surface area contributed by atoms with Crippen molar-refractivity contribution in [3.63, 3.8) is 0 Å². The molecule has 0 fully saturated rings. The number of hydrogen-bond donors (Lipinski definition) is 0. The number of aromatic nitrogens is 1. The largest absolute Gasteiger partial charge is 0.435 e. The summed E-state index contributed by atoms with van der Waals surface area (Å²) in [7, 11) is 0. The standard InChI is InChI=1S/C14H11F2N3O3/c1-9(20)19(13-8-10(18-21)6-7-17-13)11-2-4-12(5-3-11)22-14(15)16/h2-8,14H,1H3. The summed E-state index contributed by atoms with van der Waals surface area (Å²) in [6.45, 7) is -1.61. The Hall–Kier alpha value is -2.90. The zero-order valence-corrected chi connectivity index (χ0v) is 11.4. The number of nitrogens with zero attached hydrogens (tertiary/aromatic N) is 3. The van der Waals surface area contributed by atoms with Gasteiger partial charge in [0.2, 0.25) is 5.91 Å². The predicted molar refractivity (Wildman–Crippen MR) is 75.6 cm³/mol. The molecule has 0 spiro atoms. The van der Waals surface area contributed by atoms with Gasteiger partial charge in [0.25, 0.3) is 0 Å². The van der Waals surface area contributed by atoms with Gasteiger partial charge in [-0.25, -0.2) is 4.98 Å². The lowest BCUT2D eigenvalue weighted by Gasteiger charge is -2.20. The van der Waals surface area contributed by atoms with E-state index < -0.39 is 6.61 Å². The average molecular weight is 307 g/mol. The van der Waals surface area contributed by atoms with E-state index in [0.29, 0.717) is 5.69 Å². The number of hydrogen-bond acceptors (Lipinski definition) is 5. The van der Waals surface area contributed by atoms with Gasteiger partial charge in [0.05, 0.1) is 5.69 Å². The molecule has 0 radical (unpaired) electrons. The van der Waals surface area contributed by atoms with E-state index in [1.807, 2.05) is 0 Å². The maximum Gasteiger partial charge on any atom is 0.387 e. The smallest absolute Gasteiger partial charge is 0.387 e. The van der Waals surface area contributed by atoms with Gasteiger partial charge in [-0.15, -0.1) is 4.91 Å². The molecule has 0 aliphatic heterocycles. The van der Waals surface area contributed by atoms with Crippen molar-refractivity contribution in [1.82, 2.24) is 4.98 Å². The molecule has 1 amide bonds. The fourth-order valence-electron chi connectivity index (χ4n) is 1.84. The molecule has 2 aromatic rings. The van der Waals surface area contributed by atoms with E-state index >= 15 is 0 Å². The van der Waals surface area contributed by atoms with Crippen LogP contribution in [0.2, 0.25) is 0 Å². The van der Waals surface area contributed by atoms with Crippen LogP contribution in [0.15, 0.2) is 47.8 Å². The lowest BCUT2D eigenvalue weighted by atomic mass is 10.2. The summed E-state index contributed by atoms with van der Waals surface area (Å²) in [5, 5.41) is 2.78. The first-order valence-corrected chi connectivity index (χ1v) is 6.16. The van der Waals surface area contributed by atoms with E-state index in [-0.39, 0.29) is 23.2 Å². The predicted octanol–water partition coefficient (Wildman–Crippen LogP) is 3.77. The van der Waals surface area contributed by atoms with Crippen molar-refractivity contribution in [1.29, 1.82) is 0 Å². The van der Waals surface area contributed by atoms with E-state index in [9.17, 15) is 18.5 Å². The molecule has 0 aliphatic rings. The average Bonchev–Trinajstić information content (AvgIpc) is 2.48. The first kappa shape index (κ1) is 15.5. The van der Waals surface area contributed by atoms with Crippen molar-refractivity contribution < 1.29 is 18.3 Å². The van der Waals surface area contributed by atoms with Crippen molar-refractivity contribution in [2.24, 2.45) is 5.18 Å². The van der Waals surface area contributed by atoms with Gasteiger partial charge in [0, 0.05) is 19.2 Å². The van der Waals surface area contributed by atoms with Crippen LogP contribution in [-0.4, -0.2) is 17.5 Å². The molecule has 0 bridgehead atoms. The maximum absolute atomic E-state index is 12.1. The molecular weight excluding hydrogens is 296 g/mol. The number of halogens is 2. The van der Waals surface area contributed by atoms with Crippen LogP contribution in [0, 0.1) is 4.91 Å². The molecule has 114 valence electrons. The molecule has 1 aromatic heterocycles. The summed E-state index contributed by atoms with van der Waals surface area (Å²) in [6, 6.07) is 8.22. The fraction of sp³-hybridized carbons (Fsp3) is 0.143. The Bertz CT molecular complexity index is 677. The van der Waals surface area contributed by atoms with Crippen molar-refractivity contribution in [2.45, 2.75) is 13.5 Å². The van der Waals surface area contributed by atoms with E-state index in [2.05, 4.69) is 14.9 Å². The molecule has 1 heterocycles. The first-order chi connectivity index (χ1) is 10.5. The highest BCUT2D eigenvalue weighted by Gasteiger charge is 2.16. The quantitative estimate of drug-likeness (QED) is 0.788. The molecule has 0 saturated heterocycles. The van der Waals surface area contributed by atoms with Crippen LogP contribution in [0.5, 0.6) is 5.75 Å². The lowest BCUT2D eigenvalue weighted by molar-refractivity contribution is -0.115. The van der Waals surface area contributed by atoms with Crippen molar-refractivity contribution in [3.8, 4) is 5.75 Å². The summed E-state index contributed by atoms with van der Waals surface area (Å²) in [6.07, 6.45) is 1.34. The minimum atomic E-state index is -2.92. The van der Waals surface area contributed by atoms with Gasteiger partial charge in [0.1, 0.15) is 17.3 Å². The second kappa shape index (κ2) is 6.70. The van der Waals surface area contributed by atoms with Crippen LogP contribution in [0.4, 0.5) is 26.0 Å². The Kier molecular flexibility index (Phi) is 4.72. The Morgan fingerprint density at radius 3 is 2.50 bits per heavy atom. The SMILES string of the molecule is CC(=O)N(c1ccc(OC(F)F)cc1)c1cc(N=O)ccn1. The summed E-state index contributed by atoms with van der Waals surface area (Å²) in [5.41, 5.74) is 0.513. The number of carbonyl (C=O) groups excluding carboxylic acids is 1. The molecule has 1 aromatic carbocycles. The highest BCUT2D eigenvalue weighted by atomic mass is 19.3. The fourth-order valence-corrected chi connectivity index (χ4v) is 1.84. The highest BCUT2D eigenvalue weighted by molar-refractivity contribution is 5.98. The van der Waals surface area contributed by atoms with E-state index in [0.717, 1.165) is 0 Å². The summed E-state index contributed by atoms with van der Waals surface area (Å²) in [4.78, 5) is 27.6. The molecule has 0 saturated carbocycles. The summed E-state index contributed by atoms with van der Waals surface area (Å²) >= 11 is 0. The zero-order chi connectivity index (χ0) is 16.1. The molecule has 0 atom stereocenters. The van der Waals surface area contributed by atoms with Gasteiger partial charge >= 0.3 is 6.61 Å². The lowest BCUT2D eigenvalue weighted by Crippen LogP contribution is -2.23. The van der Waals surface area contributed by atoms with E-state index in [1.54, 1.807) is 0 Å². The number of rotatable bonds is 5. The number of nitroso groups, excluding NO2 is 1. The number of ether oxygens (including phenoxy) is 1. The number of benzene rings is 1. The third-order valence-electron chi connectivity index (χ3n) is 2.70. The number of alkyl halides is 2. The number of pyridine rings is 1. The van der Waals surface area contributed by atoms with Gasteiger partial charge in [-0.3, -0.25) is 9.69 Å². The van der Waals surface area contributed by atoms with E-state index in [4.69, 9.17) is 0 Å². The molecule has 8 heteroatoms. The zero-order valence-electron chi connectivity index (χ0n) is 11.4. The Balaban J connectivity index is 2.35. The first-order valence-electron chi connectivity index (χ1n) is 6.16. The van der Waals surface area contributed by atoms with Crippen molar-refractivity contribution in [3.05, 3.63) is 47.5 Å². The molecule has 6 nitrogen and oxygen atoms in total.